The Bertz CT molecular complexity index is 919. The number of rotatable bonds is 10. The molecule has 0 aliphatic carbocycles. The maximum Gasteiger partial charge on any atom is 0.272 e. The molecule has 0 saturated heterocycles. The molecular weight excluding hydrogens is 336 g/mol. The number of nitrogens with zero attached hydrogens (tertiary/aromatic N) is 1. The van der Waals surface area contributed by atoms with Crippen LogP contribution in [0.1, 0.15) is 32.6 Å². The second-order valence-corrected chi connectivity index (χ2v) is 6.77. The molecule has 5 nitrogen and oxygen atoms in total. The van der Waals surface area contributed by atoms with E-state index in [0.29, 0.717) is 5.39 Å². The number of nitrogens with one attached hydrogen (secondary N) is 3. The van der Waals surface area contributed by atoms with Crippen LogP contribution in [0.3, 0.4) is 0 Å². The lowest BCUT2D eigenvalue weighted by Crippen LogP contribution is -2.16. The third-order valence-corrected chi connectivity index (χ3v) is 4.62. The maximum atomic E-state index is 12.0. The average molecular weight is 364 g/mol. The first-order valence-corrected chi connectivity index (χ1v) is 9.82. The van der Waals surface area contributed by atoms with Gasteiger partial charge in [-0.1, -0.05) is 43.7 Å². The van der Waals surface area contributed by atoms with Gasteiger partial charge in [-0.3, -0.25) is 4.79 Å². The van der Waals surface area contributed by atoms with E-state index in [1.807, 2.05) is 36.4 Å². The highest BCUT2D eigenvalue weighted by molar-refractivity contribution is 5.94. The third kappa shape index (κ3) is 5.17. The summed E-state index contributed by atoms with van der Waals surface area (Å²) >= 11 is 0. The van der Waals surface area contributed by atoms with E-state index < -0.39 is 0 Å². The highest BCUT2D eigenvalue weighted by Crippen LogP contribution is 2.26. The van der Waals surface area contributed by atoms with Crippen LogP contribution in [-0.2, 0) is 0 Å². The summed E-state index contributed by atoms with van der Waals surface area (Å²) in [6.07, 6.45) is 4.78. The molecule has 1 aromatic heterocycles. The van der Waals surface area contributed by atoms with Crippen molar-refractivity contribution in [1.29, 1.82) is 0 Å². The molecule has 0 fully saturated rings. The SMILES string of the molecule is CCCNCCCCCNc1cccc(-c2n[nH]c(=O)c3ccccc23)c1. The van der Waals surface area contributed by atoms with Gasteiger partial charge in [0.1, 0.15) is 0 Å². The third-order valence-electron chi connectivity index (χ3n) is 4.62. The molecule has 0 unspecified atom stereocenters. The molecule has 3 N–H and O–H groups in total. The monoisotopic (exact) mass is 364 g/mol. The molecule has 0 spiro atoms. The topological polar surface area (TPSA) is 69.8 Å². The predicted molar refractivity (Wildman–Crippen MR) is 113 cm³/mol. The number of hydrogen-bond donors (Lipinski definition) is 3. The lowest BCUT2D eigenvalue weighted by atomic mass is 10.0. The summed E-state index contributed by atoms with van der Waals surface area (Å²) in [5, 5.41) is 15.4. The van der Waals surface area contributed by atoms with Crippen molar-refractivity contribution in [1.82, 2.24) is 15.5 Å². The zero-order valence-corrected chi connectivity index (χ0v) is 15.9. The summed E-state index contributed by atoms with van der Waals surface area (Å²) in [6.45, 7) is 5.36. The van der Waals surface area contributed by atoms with Gasteiger partial charge in [-0.15, -0.1) is 0 Å². The van der Waals surface area contributed by atoms with E-state index in [9.17, 15) is 4.79 Å². The normalized spacial score (nSPS) is 11.0. The molecule has 0 amide bonds. The first-order chi connectivity index (χ1) is 13.3. The molecule has 0 aliphatic heterocycles. The van der Waals surface area contributed by atoms with Crippen molar-refractivity contribution >= 4 is 16.5 Å². The van der Waals surface area contributed by atoms with E-state index in [4.69, 9.17) is 0 Å². The summed E-state index contributed by atoms with van der Waals surface area (Å²) in [5.74, 6) is 0. The second kappa shape index (κ2) is 9.88. The summed E-state index contributed by atoms with van der Waals surface area (Å²) in [6, 6.07) is 15.8. The highest BCUT2D eigenvalue weighted by atomic mass is 16.1. The Hall–Kier alpha value is -2.66. The van der Waals surface area contributed by atoms with Gasteiger partial charge < -0.3 is 10.6 Å². The molecule has 0 saturated carbocycles. The van der Waals surface area contributed by atoms with Crippen LogP contribution in [0.4, 0.5) is 5.69 Å². The molecule has 0 aliphatic rings. The van der Waals surface area contributed by atoms with Gasteiger partial charge in [0.15, 0.2) is 0 Å². The van der Waals surface area contributed by atoms with E-state index in [0.717, 1.165) is 48.4 Å². The molecule has 1 heterocycles. The van der Waals surface area contributed by atoms with E-state index >= 15 is 0 Å². The van der Waals surface area contributed by atoms with Crippen LogP contribution in [-0.4, -0.2) is 29.8 Å². The standard InChI is InChI=1S/C22H28N4O/c1-2-13-23-14-6-3-7-15-24-18-10-8-9-17(16-18)21-19-11-4-5-12-20(19)22(27)26-25-21/h4-5,8-12,16,23-24H,2-3,6-7,13-15H2,1H3,(H,26,27). The van der Waals surface area contributed by atoms with Gasteiger partial charge in [0, 0.05) is 23.2 Å². The fourth-order valence-corrected chi connectivity index (χ4v) is 3.20. The Labute approximate surface area is 160 Å². The van der Waals surface area contributed by atoms with E-state index in [2.05, 4.69) is 39.9 Å². The van der Waals surface area contributed by atoms with Crippen molar-refractivity contribution in [2.45, 2.75) is 32.6 Å². The second-order valence-electron chi connectivity index (χ2n) is 6.77. The highest BCUT2D eigenvalue weighted by Gasteiger charge is 2.08. The number of aromatic nitrogens is 2. The Morgan fingerprint density at radius 3 is 2.59 bits per heavy atom. The van der Waals surface area contributed by atoms with Gasteiger partial charge in [0.05, 0.1) is 11.1 Å². The van der Waals surface area contributed by atoms with Crippen molar-refractivity contribution in [2.24, 2.45) is 0 Å². The number of fused-ring (bicyclic) bond motifs is 1. The number of unbranched alkanes of at least 4 members (excludes halogenated alkanes) is 2. The quantitative estimate of drug-likeness (QED) is 0.472. The van der Waals surface area contributed by atoms with Gasteiger partial charge in [-0.2, -0.15) is 5.10 Å². The molecule has 3 rings (SSSR count). The lowest BCUT2D eigenvalue weighted by Gasteiger charge is -2.10. The molecule has 142 valence electrons. The van der Waals surface area contributed by atoms with Crippen LogP contribution in [0.5, 0.6) is 0 Å². The molecule has 27 heavy (non-hydrogen) atoms. The molecule has 3 aromatic rings. The first kappa shape index (κ1) is 19.1. The Morgan fingerprint density at radius 1 is 0.926 bits per heavy atom. The smallest absolute Gasteiger partial charge is 0.272 e. The van der Waals surface area contributed by atoms with Crippen molar-refractivity contribution in [3.63, 3.8) is 0 Å². The number of benzene rings is 2. The summed E-state index contributed by atoms with van der Waals surface area (Å²) in [4.78, 5) is 12.0. The lowest BCUT2D eigenvalue weighted by molar-refractivity contribution is 0.606. The summed E-state index contributed by atoms with van der Waals surface area (Å²) in [7, 11) is 0. The van der Waals surface area contributed by atoms with Gasteiger partial charge >= 0.3 is 0 Å². The minimum absolute atomic E-state index is 0.156. The number of aromatic amines is 1. The molecule has 5 heteroatoms. The number of anilines is 1. The van der Waals surface area contributed by atoms with Crippen molar-refractivity contribution in [3.8, 4) is 11.3 Å². The van der Waals surface area contributed by atoms with Gasteiger partial charge in [-0.25, -0.2) is 5.10 Å². The minimum atomic E-state index is -0.156. The van der Waals surface area contributed by atoms with Crippen molar-refractivity contribution < 1.29 is 0 Å². The van der Waals surface area contributed by atoms with Crippen LogP contribution in [0.15, 0.2) is 53.3 Å². The van der Waals surface area contributed by atoms with Crippen molar-refractivity contribution in [2.75, 3.05) is 25.0 Å². The van der Waals surface area contributed by atoms with Crippen LogP contribution in [0.25, 0.3) is 22.0 Å². The Morgan fingerprint density at radius 2 is 1.74 bits per heavy atom. The number of H-pyrrole nitrogens is 1. The van der Waals surface area contributed by atoms with Crippen LogP contribution >= 0.6 is 0 Å². The number of hydrogen-bond acceptors (Lipinski definition) is 4. The Balaban J connectivity index is 1.62. The summed E-state index contributed by atoms with van der Waals surface area (Å²) in [5.41, 5.74) is 2.72. The zero-order valence-electron chi connectivity index (χ0n) is 15.9. The fourth-order valence-electron chi connectivity index (χ4n) is 3.20. The molecule has 0 bridgehead atoms. The van der Waals surface area contributed by atoms with Crippen LogP contribution in [0, 0.1) is 0 Å². The van der Waals surface area contributed by atoms with Gasteiger partial charge in [-0.05, 0) is 50.6 Å². The summed E-state index contributed by atoms with van der Waals surface area (Å²) < 4.78 is 0. The van der Waals surface area contributed by atoms with Crippen LogP contribution in [0.2, 0.25) is 0 Å². The fraction of sp³-hybridized carbons (Fsp3) is 0.364. The average Bonchev–Trinajstić information content (AvgIpc) is 2.71. The van der Waals surface area contributed by atoms with E-state index in [1.54, 1.807) is 0 Å². The molecule has 0 atom stereocenters. The van der Waals surface area contributed by atoms with E-state index in [1.165, 1.54) is 19.3 Å². The van der Waals surface area contributed by atoms with Crippen molar-refractivity contribution in [3.05, 3.63) is 58.9 Å². The maximum absolute atomic E-state index is 12.0. The van der Waals surface area contributed by atoms with Crippen LogP contribution < -0.4 is 16.2 Å². The zero-order chi connectivity index (χ0) is 18.9. The first-order valence-electron chi connectivity index (χ1n) is 9.82. The molecule has 0 radical (unpaired) electrons. The Kier molecular flexibility index (Phi) is 6.99. The minimum Gasteiger partial charge on any atom is -0.385 e. The molecular formula is C22H28N4O. The molecule has 2 aromatic carbocycles. The largest absolute Gasteiger partial charge is 0.385 e. The predicted octanol–water partition coefficient (Wildman–Crippen LogP) is 4.17. The van der Waals surface area contributed by atoms with E-state index in [-0.39, 0.29) is 5.56 Å². The van der Waals surface area contributed by atoms with Gasteiger partial charge in [0.25, 0.3) is 5.56 Å². The van der Waals surface area contributed by atoms with Gasteiger partial charge in [0.2, 0.25) is 0 Å².